The number of halogens is 1. The first-order valence-corrected chi connectivity index (χ1v) is 7.61. The molecule has 0 spiro atoms. The molecule has 2 aromatic carbocycles. The number of benzene rings is 2. The highest BCUT2D eigenvalue weighted by Crippen LogP contribution is 2.28. The quantitative estimate of drug-likeness (QED) is 0.241. The van der Waals surface area contributed by atoms with E-state index in [0.29, 0.717) is 5.69 Å². The molecule has 2 aromatic rings. The number of carbonyl (C=O) groups is 1. The maximum atomic E-state index is 12.2. The molecular weight excluding hydrogens is 360 g/mol. The van der Waals surface area contributed by atoms with Crippen LogP contribution in [0.5, 0.6) is 5.75 Å². The van der Waals surface area contributed by atoms with Crippen LogP contribution in [0.15, 0.2) is 48.2 Å². The Kier molecular flexibility index (Phi) is 5.78. The van der Waals surface area contributed by atoms with Crippen molar-refractivity contribution in [2.75, 3.05) is 10.6 Å². The van der Waals surface area contributed by atoms with Gasteiger partial charge in [-0.1, -0.05) is 17.7 Å². The summed E-state index contributed by atoms with van der Waals surface area (Å²) in [6.07, 6.45) is 1.13. The third-order valence-corrected chi connectivity index (χ3v) is 3.61. The van der Waals surface area contributed by atoms with Crippen LogP contribution in [0.2, 0.25) is 5.02 Å². The van der Waals surface area contributed by atoms with Gasteiger partial charge in [0, 0.05) is 18.0 Å². The average Bonchev–Trinajstić information content (AvgIpc) is 2.58. The first kappa shape index (κ1) is 18.8. The van der Waals surface area contributed by atoms with Crippen molar-refractivity contribution in [2.24, 2.45) is 0 Å². The predicted octanol–water partition coefficient (Wildman–Crippen LogP) is 3.72. The van der Waals surface area contributed by atoms with Gasteiger partial charge in [0.2, 0.25) is 0 Å². The lowest BCUT2D eigenvalue weighted by atomic mass is 10.2. The number of hydrogen-bond donors (Lipinski definition) is 3. The van der Waals surface area contributed by atoms with E-state index in [-0.39, 0.29) is 27.7 Å². The van der Waals surface area contributed by atoms with Crippen LogP contribution in [0.3, 0.4) is 0 Å². The van der Waals surface area contributed by atoms with E-state index in [1.54, 1.807) is 25.1 Å². The molecule has 0 fully saturated rings. The Morgan fingerprint density at radius 1 is 1.35 bits per heavy atom. The van der Waals surface area contributed by atoms with Crippen LogP contribution in [-0.2, 0) is 4.79 Å². The summed E-state index contributed by atoms with van der Waals surface area (Å²) in [5.41, 5.74) is 0.626. The Hall–Kier alpha value is -3.57. The van der Waals surface area contributed by atoms with Crippen LogP contribution >= 0.6 is 11.6 Å². The Bertz CT molecular complexity index is 950. The van der Waals surface area contributed by atoms with E-state index in [4.69, 9.17) is 16.9 Å². The number of nitro groups is 1. The molecule has 0 heterocycles. The number of nitrogens with zero attached hydrogens (tertiary/aromatic N) is 2. The van der Waals surface area contributed by atoms with Gasteiger partial charge in [-0.3, -0.25) is 14.9 Å². The van der Waals surface area contributed by atoms with Crippen LogP contribution in [0.25, 0.3) is 0 Å². The third-order valence-electron chi connectivity index (χ3n) is 3.29. The number of rotatable bonds is 5. The average molecular weight is 373 g/mol. The molecule has 0 aromatic heterocycles. The summed E-state index contributed by atoms with van der Waals surface area (Å²) in [5.74, 6) is -0.810. The second-order valence-electron chi connectivity index (χ2n) is 5.21. The molecule has 8 nitrogen and oxygen atoms in total. The number of nitrogens with one attached hydrogen (secondary N) is 2. The molecule has 0 radical (unpaired) electrons. The van der Waals surface area contributed by atoms with Crippen molar-refractivity contribution in [1.29, 1.82) is 5.26 Å². The molecule has 26 heavy (non-hydrogen) atoms. The van der Waals surface area contributed by atoms with Crippen molar-refractivity contribution in [3.8, 4) is 11.8 Å². The molecule has 0 saturated heterocycles. The van der Waals surface area contributed by atoms with Crippen molar-refractivity contribution in [3.05, 3.63) is 68.9 Å². The summed E-state index contributed by atoms with van der Waals surface area (Å²) < 4.78 is 0. The van der Waals surface area contributed by atoms with Crippen LogP contribution in [0.4, 0.5) is 17.1 Å². The van der Waals surface area contributed by atoms with Crippen molar-refractivity contribution >= 4 is 34.6 Å². The second kappa shape index (κ2) is 8.00. The molecule has 132 valence electrons. The molecular formula is C17H13ClN4O4. The molecule has 0 aliphatic carbocycles. The fraction of sp³-hybridized carbons (Fsp3) is 0.0588. The molecule has 2 rings (SSSR count). The molecule has 0 atom stereocenters. The topological polar surface area (TPSA) is 128 Å². The summed E-state index contributed by atoms with van der Waals surface area (Å²) in [6, 6.07) is 10.3. The summed E-state index contributed by atoms with van der Waals surface area (Å²) in [7, 11) is 0. The Balaban J connectivity index is 2.17. The van der Waals surface area contributed by atoms with Gasteiger partial charge in [-0.2, -0.15) is 5.26 Å². The molecule has 3 N–H and O–H groups in total. The highest BCUT2D eigenvalue weighted by molar-refractivity contribution is 6.32. The number of aromatic hydroxyl groups is 1. The first-order valence-electron chi connectivity index (χ1n) is 7.23. The van der Waals surface area contributed by atoms with Crippen molar-refractivity contribution in [3.63, 3.8) is 0 Å². The van der Waals surface area contributed by atoms with E-state index >= 15 is 0 Å². The number of nitro benzene ring substituents is 1. The number of carbonyl (C=O) groups excluding carboxylic acids is 1. The first-order chi connectivity index (χ1) is 12.3. The standard InChI is InChI=1S/C17H13ClN4O4/c1-10-2-5-14(16(23)6-10)20-9-11(8-19)17(24)21-12-3-4-13(18)15(7-12)22(25)26/h2-7,9,20,23H,1H3,(H,21,24)/b11-9-. The van der Waals surface area contributed by atoms with Gasteiger partial charge < -0.3 is 15.7 Å². The fourth-order valence-corrected chi connectivity index (χ4v) is 2.18. The second-order valence-corrected chi connectivity index (χ2v) is 5.62. The minimum absolute atomic E-state index is 0.0349. The molecule has 0 aliphatic heterocycles. The van der Waals surface area contributed by atoms with E-state index in [9.17, 15) is 20.0 Å². The van der Waals surface area contributed by atoms with E-state index in [1.807, 2.05) is 0 Å². The summed E-state index contributed by atoms with van der Waals surface area (Å²) in [6.45, 7) is 1.80. The normalized spacial score (nSPS) is 10.7. The minimum atomic E-state index is -0.775. The SMILES string of the molecule is Cc1ccc(N/C=C(/C#N)C(=O)Nc2ccc(Cl)c([N+](=O)[O-])c2)c(O)c1. The highest BCUT2D eigenvalue weighted by Gasteiger charge is 2.15. The lowest BCUT2D eigenvalue weighted by molar-refractivity contribution is -0.384. The zero-order chi connectivity index (χ0) is 19.3. The van der Waals surface area contributed by atoms with Crippen molar-refractivity contribution in [1.82, 2.24) is 0 Å². The summed E-state index contributed by atoms with van der Waals surface area (Å²) in [4.78, 5) is 22.4. The van der Waals surface area contributed by atoms with Crippen molar-refractivity contribution < 1.29 is 14.8 Å². The summed E-state index contributed by atoms with van der Waals surface area (Å²) in [5, 5.41) is 34.8. The van der Waals surface area contributed by atoms with Crippen LogP contribution < -0.4 is 10.6 Å². The fourth-order valence-electron chi connectivity index (χ4n) is 1.99. The third kappa shape index (κ3) is 4.49. The lowest BCUT2D eigenvalue weighted by Crippen LogP contribution is -2.14. The summed E-state index contributed by atoms with van der Waals surface area (Å²) >= 11 is 5.71. The number of phenolic OH excluding ortho intramolecular Hbond substituents is 1. The van der Waals surface area contributed by atoms with E-state index in [0.717, 1.165) is 17.8 Å². The number of phenols is 1. The molecule has 0 saturated carbocycles. The van der Waals surface area contributed by atoms with Gasteiger partial charge in [-0.05, 0) is 36.8 Å². The maximum absolute atomic E-state index is 12.2. The smallest absolute Gasteiger partial charge is 0.289 e. The lowest BCUT2D eigenvalue weighted by Gasteiger charge is -2.07. The van der Waals surface area contributed by atoms with Crippen molar-refractivity contribution in [2.45, 2.75) is 6.92 Å². The van der Waals surface area contributed by atoms with Gasteiger partial charge in [0.05, 0.1) is 10.6 Å². The number of hydrogen-bond acceptors (Lipinski definition) is 6. The van der Waals surface area contributed by atoms with Gasteiger partial charge >= 0.3 is 0 Å². The predicted molar refractivity (Wildman–Crippen MR) is 96.9 cm³/mol. The molecule has 9 heteroatoms. The minimum Gasteiger partial charge on any atom is -0.506 e. The molecule has 0 unspecified atom stereocenters. The van der Waals surface area contributed by atoms with Gasteiger partial charge in [0.25, 0.3) is 11.6 Å². The van der Waals surface area contributed by atoms with Gasteiger partial charge in [-0.25, -0.2) is 0 Å². The molecule has 0 aliphatic rings. The van der Waals surface area contributed by atoms with Gasteiger partial charge in [0.1, 0.15) is 22.4 Å². The number of anilines is 2. The Morgan fingerprint density at radius 3 is 2.69 bits per heavy atom. The number of amides is 1. The molecule has 0 bridgehead atoms. The van der Waals surface area contributed by atoms with Crippen LogP contribution in [-0.4, -0.2) is 15.9 Å². The Labute approximate surface area is 153 Å². The van der Waals surface area contributed by atoms with Gasteiger partial charge in [0.15, 0.2) is 0 Å². The van der Waals surface area contributed by atoms with E-state index < -0.39 is 10.8 Å². The van der Waals surface area contributed by atoms with Crippen LogP contribution in [0.1, 0.15) is 5.56 Å². The zero-order valence-electron chi connectivity index (χ0n) is 13.5. The monoisotopic (exact) mass is 372 g/mol. The van der Waals surface area contributed by atoms with E-state index in [2.05, 4.69) is 10.6 Å². The molecule has 1 amide bonds. The van der Waals surface area contributed by atoms with E-state index in [1.165, 1.54) is 18.2 Å². The maximum Gasteiger partial charge on any atom is 0.289 e. The largest absolute Gasteiger partial charge is 0.506 e. The Morgan fingerprint density at radius 2 is 2.08 bits per heavy atom. The number of nitriles is 1. The highest BCUT2D eigenvalue weighted by atomic mass is 35.5. The van der Waals surface area contributed by atoms with Crippen LogP contribution in [0, 0.1) is 28.4 Å². The number of aryl methyl sites for hydroxylation is 1. The van der Waals surface area contributed by atoms with Gasteiger partial charge in [-0.15, -0.1) is 0 Å². The zero-order valence-corrected chi connectivity index (χ0v) is 14.2.